The highest BCUT2D eigenvalue weighted by molar-refractivity contribution is 5.74. The summed E-state index contributed by atoms with van der Waals surface area (Å²) >= 11 is 0. The summed E-state index contributed by atoms with van der Waals surface area (Å²) in [5.74, 6) is 2.90. The van der Waals surface area contributed by atoms with Gasteiger partial charge in [-0.05, 0) is 37.6 Å². The van der Waals surface area contributed by atoms with Crippen LogP contribution in [0.15, 0.2) is 28.8 Å². The summed E-state index contributed by atoms with van der Waals surface area (Å²) in [7, 11) is 0. The standard InChI is InChI=1S/C15H17N5O/c1-2-4-12-11(3-1)17-13(18-12)8-14-19-15(21-20-14)7-10-5-6-16-9-10/h1-4,10,16H,5-9H2,(H,17,18). The molecule has 0 spiro atoms. The molecule has 1 saturated heterocycles. The summed E-state index contributed by atoms with van der Waals surface area (Å²) < 4.78 is 5.34. The SMILES string of the molecule is c1ccc2[nH]c(Cc3noc(CC4CCNC4)n3)nc2c1. The Morgan fingerprint density at radius 1 is 1.24 bits per heavy atom. The molecule has 0 amide bonds. The molecule has 1 unspecified atom stereocenters. The largest absolute Gasteiger partial charge is 0.342 e. The van der Waals surface area contributed by atoms with Crippen molar-refractivity contribution in [2.24, 2.45) is 5.92 Å². The van der Waals surface area contributed by atoms with Gasteiger partial charge in [0.2, 0.25) is 5.89 Å². The number of rotatable bonds is 4. The maximum absolute atomic E-state index is 5.34. The van der Waals surface area contributed by atoms with Gasteiger partial charge in [-0.2, -0.15) is 4.98 Å². The zero-order valence-electron chi connectivity index (χ0n) is 11.7. The third-order valence-electron chi connectivity index (χ3n) is 3.90. The minimum absolute atomic E-state index is 0.571. The van der Waals surface area contributed by atoms with Crippen LogP contribution in [0.1, 0.15) is 24.0 Å². The molecule has 1 atom stereocenters. The van der Waals surface area contributed by atoms with Gasteiger partial charge in [-0.3, -0.25) is 0 Å². The van der Waals surface area contributed by atoms with Gasteiger partial charge in [-0.25, -0.2) is 4.98 Å². The van der Waals surface area contributed by atoms with Crippen LogP contribution in [-0.4, -0.2) is 33.2 Å². The van der Waals surface area contributed by atoms with Crippen LogP contribution in [0, 0.1) is 5.92 Å². The average Bonchev–Trinajstić information content (AvgIpc) is 3.20. The Hall–Kier alpha value is -2.21. The summed E-state index contributed by atoms with van der Waals surface area (Å²) in [5, 5.41) is 7.41. The molecular weight excluding hydrogens is 266 g/mol. The second-order valence-corrected chi connectivity index (χ2v) is 5.54. The zero-order chi connectivity index (χ0) is 14.1. The van der Waals surface area contributed by atoms with E-state index in [9.17, 15) is 0 Å². The Bertz CT molecular complexity index is 708. The van der Waals surface area contributed by atoms with Gasteiger partial charge in [0.25, 0.3) is 0 Å². The molecule has 3 heterocycles. The lowest BCUT2D eigenvalue weighted by Crippen LogP contribution is -2.10. The first-order valence-corrected chi connectivity index (χ1v) is 7.32. The molecule has 2 aromatic heterocycles. The fourth-order valence-corrected chi connectivity index (χ4v) is 2.82. The highest BCUT2D eigenvalue weighted by Crippen LogP contribution is 2.15. The number of aromatic amines is 1. The summed E-state index contributed by atoms with van der Waals surface area (Å²) in [4.78, 5) is 12.3. The molecule has 6 nitrogen and oxygen atoms in total. The number of para-hydroxylation sites is 2. The number of fused-ring (bicyclic) bond motifs is 1. The molecule has 2 N–H and O–H groups in total. The van der Waals surface area contributed by atoms with Crippen molar-refractivity contribution < 1.29 is 4.52 Å². The number of benzene rings is 1. The number of aromatic nitrogens is 4. The fraction of sp³-hybridized carbons (Fsp3) is 0.400. The Kier molecular flexibility index (Phi) is 3.16. The van der Waals surface area contributed by atoms with Crippen LogP contribution in [0.3, 0.4) is 0 Å². The Morgan fingerprint density at radius 3 is 3.05 bits per heavy atom. The monoisotopic (exact) mass is 283 g/mol. The van der Waals surface area contributed by atoms with Gasteiger partial charge < -0.3 is 14.8 Å². The van der Waals surface area contributed by atoms with E-state index in [-0.39, 0.29) is 0 Å². The van der Waals surface area contributed by atoms with Crippen LogP contribution < -0.4 is 5.32 Å². The van der Waals surface area contributed by atoms with E-state index in [1.165, 1.54) is 6.42 Å². The Labute approximate surface area is 122 Å². The molecule has 0 bridgehead atoms. The lowest BCUT2D eigenvalue weighted by Gasteiger charge is -2.01. The van der Waals surface area contributed by atoms with Gasteiger partial charge in [0.05, 0.1) is 17.5 Å². The van der Waals surface area contributed by atoms with Gasteiger partial charge in [-0.15, -0.1) is 0 Å². The first kappa shape index (κ1) is 12.5. The maximum Gasteiger partial charge on any atom is 0.226 e. The number of imidazole rings is 1. The molecule has 1 fully saturated rings. The smallest absolute Gasteiger partial charge is 0.226 e. The first-order chi connectivity index (χ1) is 10.4. The number of hydrogen-bond donors (Lipinski definition) is 2. The normalized spacial score (nSPS) is 18.6. The Morgan fingerprint density at radius 2 is 2.19 bits per heavy atom. The molecule has 1 aliphatic rings. The molecule has 3 aromatic rings. The minimum atomic E-state index is 0.571. The third-order valence-corrected chi connectivity index (χ3v) is 3.90. The molecule has 108 valence electrons. The summed E-state index contributed by atoms with van der Waals surface area (Å²) in [6.07, 6.45) is 2.61. The van der Waals surface area contributed by atoms with Crippen LogP contribution in [0.5, 0.6) is 0 Å². The van der Waals surface area contributed by atoms with E-state index in [0.29, 0.717) is 18.2 Å². The van der Waals surface area contributed by atoms with Crippen LogP contribution >= 0.6 is 0 Å². The summed E-state index contributed by atoms with van der Waals surface area (Å²) in [6.45, 7) is 2.13. The van der Waals surface area contributed by atoms with Crippen LogP contribution in [0.4, 0.5) is 0 Å². The lowest BCUT2D eigenvalue weighted by molar-refractivity contribution is 0.354. The second kappa shape index (κ2) is 5.29. The van der Waals surface area contributed by atoms with E-state index in [1.807, 2.05) is 24.3 Å². The predicted octanol–water partition coefficient (Wildman–Crippen LogP) is 1.69. The van der Waals surface area contributed by atoms with E-state index in [0.717, 1.165) is 42.3 Å². The van der Waals surface area contributed by atoms with Crippen molar-refractivity contribution in [2.45, 2.75) is 19.3 Å². The molecule has 0 aliphatic carbocycles. The fourth-order valence-electron chi connectivity index (χ4n) is 2.82. The van der Waals surface area contributed by atoms with Gasteiger partial charge in [0.15, 0.2) is 5.82 Å². The Balaban J connectivity index is 1.47. The van der Waals surface area contributed by atoms with Gasteiger partial charge in [-0.1, -0.05) is 17.3 Å². The van der Waals surface area contributed by atoms with Crippen molar-refractivity contribution in [1.29, 1.82) is 0 Å². The number of nitrogens with zero attached hydrogens (tertiary/aromatic N) is 3. The van der Waals surface area contributed by atoms with E-state index < -0.39 is 0 Å². The van der Waals surface area contributed by atoms with E-state index in [1.54, 1.807) is 0 Å². The van der Waals surface area contributed by atoms with Crippen molar-refractivity contribution in [3.8, 4) is 0 Å². The van der Waals surface area contributed by atoms with E-state index in [2.05, 4.69) is 25.4 Å². The highest BCUT2D eigenvalue weighted by atomic mass is 16.5. The molecular formula is C15H17N5O. The molecule has 6 heteroatoms. The van der Waals surface area contributed by atoms with Crippen LogP contribution in [0.25, 0.3) is 11.0 Å². The maximum atomic E-state index is 5.34. The first-order valence-electron chi connectivity index (χ1n) is 7.32. The van der Waals surface area contributed by atoms with E-state index >= 15 is 0 Å². The highest BCUT2D eigenvalue weighted by Gasteiger charge is 2.18. The molecule has 0 radical (unpaired) electrons. The predicted molar refractivity (Wildman–Crippen MR) is 77.9 cm³/mol. The molecule has 1 aliphatic heterocycles. The number of H-pyrrole nitrogens is 1. The van der Waals surface area contributed by atoms with E-state index in [4.69, 9.17) is 4.52 Å². The molecule has 0 saturated carbocycles. The summed E-state index contributed by atoms with van der Waals surface area (Å²) in [5.41, 5.74) is 2.00. The number of nitrogens with one attached hydrogen (secondary N) is 2. The zero-order valence-corrected chi connectivity index (χ0v) is 11.7. The third kappa shape index (κ3) is 2.67. The molecule has 21 heavy (non-hydrogen) atoms. The molecule has 4 rings (SSSR count). The van der Waals surface area contributed by atoms with Crippen molar-refractivity contribution >= 4 is 11.0 Å². The van der Waals surface area contributed by atoms with Crippen molar-refractivity contribution in [1.82, 2.24) is 25.4 Å². The average molecular weight is 283 g/mol. The minimum Gasteiger partial charge on any atom is -0.342 e. The van der Waals surface area contributed by atoms with Crippen LogP contribution in [0.2, 0.25) is 0 Å². The molecule has 1 aromatic carbocycles. The van der Waals surface area contributed by atoms with Gasteiger partial charge >= 0.3 is 0 Å². The summed E-state index contributed by atoms with van der Waals surface area (Å²) in [6, 6.07) is 7.98. The van der Waals surface area contributed by atoms with Crippen molar-refractivity contribution in [3.05, 3.63) is 41.8 Å². The quantitative estimate of drug-likeness (QED) is 0.761. The number of hydrogen-bond acceptors (Lipinski definition) is 5. The van der Waals surface area contributed by atoms with Crippen molar-refractivity contribution in [2.75, 3.05) is 13.1 Å². The van der Waals surface area contributed by atoms with Crippen LogP contribution in [-0.2, 0) is 12.8 Å². The van der Waals surface area contributed by atoms with Gasteiger partial charge in [0, 0.05) is 6.42 Å². The van der Waals surface area contributed by atoms with Gasteiger partial charge in [0.1, 0.15) is 5.82 Å². The van der Waals surface area contributed by atoms with Crippen molar-refractivity contribution in [3.63, 3.8) is 0 Å². The second-order valence-electron chi connectivity index (χ2n) is 5.54. The topological polar surface area (TPSA) is 79.6 Å². The lowest BCUT2D eigenvalue weighted by atomic mass is 10.1.